The highest BCUT2D eigenvalue weighted by molar-refractivity contribution is 7.88. The predicted molar refractivity (Wildman–Crippen MR) is 103 cm³/mol. The zero-order valence-electron chi connectivity index (χ0n) is 15.6. The summed E-state index contributed by atoms with van der Waals surface area (Å²) in [7, 11) is -0.396. The summed E-state index contributed by atoms with van der Waals surface area (Å²) in [5.74, 6) is 0.767. The highest BCUT2D eigenvalue weighted by Gasteiger charge is 2.11. The average molecular weight is 392 g/mol. The van der Waals surface area contributed by atoms with Gasteiger partial charge in [0.15, 0.2) is 11.5 Å². The fourth-order valence-electron chi connectivity index (χ4n) is 2.41. The van der Waals surface area contributed by atoms with E-state index in [1.54, 1.807) is 42.5 Å². The van der Waals surface area contributed by atoms with Gasteiger partial charge in [-0.25, -0.2) is 13.1 Å². The second-order valence-electron chi connectivity index (χ2n) is 5.76. The molecule has 2 N–H and O–H groups in total. The number of sulfonamides is 1. The molecule has 0 saturated carbocycles. The third kappa shape index (κ3) is 5.97. The van der Waals surface area contributed by atoms with Gasteiger partial charge >= 0.3 is 0 Å². The second kappa shape index (κ2) is 9.38. The van der Waals surface area contributed by atoms with Crippen LogP contribution in [0.25, 0.3) is 0 Å². The molecule has 27 heavy (non-hydrogen) atoms. The minimum atomic E-state index is -3.30. The Labute approximate surface area is 159 Å². The van der Waals surface area contributed by atoms with Gasteiger partial charge in [-0.2, -0.15) is 0 Å². The number of carbonyl (C=O) groups is 1. The van der Waals surface area contributed by atoms with Crippen LogP contribution in [0.2, 0.25) is 0 Å². The first-order valence-corrected chi connectivity index (χ1v) is 10.1. The van der Waals surface area contributed by atoms with Crippen LogP contribution in [-0.2, 0) is 22.3 Å². The maximum Gasteiger partial charge on any atom is 0.251 e. The molecular formula is C19H24N2O5S. The standard InChI is InChI=1S/C19H24N2O5S/c1-4-26-17-10-9-16(11-18(17)25-3)19(22)21-12-14-5-7-15(8-6-14)13-27(23,24)20-2/h5-11,20H,4,12-13H2,1-3H3,(H,21,22). The number of methoxy groups -OCH3 is 1. The van der Waals surface area contributed by atoms with Crippen LogP contribution < -0.4 is 19.5 Å². The zero-order valence-corrected chi connectivity index (χ0v) is 16.4. The van der Waals surface area contributed by atoms with Crippen molar-refractivity contribution in [2.75, 3.05) is 20.8 Å². The van der Waals surface area contributed by atoms with Crippen LogP contribution in [-0.4, -0.2) is 35.1 Å². The number of amides is 1. The Morgan fingerprint density at radius 2 is 1.70 bits per heavy atom. The van der Waals surface area contributed by atoms with Gasteiger partial charge in [0.05, 0.1) is 19.5 Å². The number of hydrogen-bond donors (Lipinski definition) is 2. The van der Waals surface area contributed by atoms with E-state index >= 15 is 0 Å². The molecule has 146 valence electrons. The molecule has 0 aromatic heterocycles. The molecule has 0 bridgehead atoms. The fraction of sp³-hybridized carbons (Fsp3) is 0.316. The molecule has 2 aromatic carbocycles. The van der Waals surface area contributed by atoms with E-state index in [0.717, 1.165) is 5.56 Å². The molecule has 0 aliphatic rings. The summed E-state index contributed by atoms with van der Waals surface area (Å²) in [4.78, 5) is 12.4. The summed E-state index contributed by atoms with van der Waals surface area (Å²) >= 11 is 0. The minimum absolute atomic E-state index is 0.0812. The number of benzene rings is 2. The molecule has 8 heteroatoms. The Hall–Kier alpha value is -2.58. The van der Waals surface area contributed by atoms with Crippen LogP contribution in [0.4, 0.5) is 0 Å². The van der Waals surface area contributed by atoms with Gasteiger partial charge in [-0.05, 0) is 43.3 Å². The minimum Gasteiger partial charge on any atom is -0.493 e. The number of carbonyl (C=O) groups excluding carboxylic acids is 1. The molecule has 2 aromatic rings. The lowest BCUT2D eigenvalue weighted by Crippen LogP contribution is -2.23. The molecule has 0 unspecified atom stereocenters. The second-order valence-corrected chi connectivity index (χ2v) is 7.69. The van der Waals surface area contributed by atoms with Gasteiger partial charge in [0.2, 0.25) is 10.0 Å². The largest absolute Gasteiger partial charge is 0.493 e. The van der Waals surface area contributed by atoms with Crippen molar-refractivity contribution >= 4 is 15.9 Å². The lowest BCUT2D eigenvalue weighted by molar-refractivity contribution is 0.0950. The third-order valence-corrected chi connectivity index (χ3v) is 5.20. The van der Waals surface area contributed by atoms with E-state index in [4.69, 9.17) is 9.47 Å². The van der Waals surface area contributed by atoms with Gasteiger partial charge in [-0.1, -0.05) is 24.3 Å². The van der Waals surface area contributed by atoms with Crippen LogP contribution >= 0.6 is 0 Å². The Bertz CT molecular complexity index is 879. The highest BCUT2D eigenvalue weighted by Crippen LogP contribution is 2.28. The van der Waals surface area contributed by atoms with Crippen molar-refractivity contribution in [1.29, 1.82) is 0 Å². The fourth-order valence-corrected chi connectivity index (χ4v) is 3.19. The van der Waals surface area contributed by atoms with Crippen molar-refractivity contribution in [2.45, 2.75) is 19.2 Å². The molecule has 0 heterocycles. The van der Waals surface area contributed by atoms with Crippen molar-refractivity contribution in [2.24, 2.45) is 0 Å². The van der Waals surface area contributed by atoms with E-state index in [2.05, 4.69) is 10.0 Å². The van der Waals surface area contributed by atoms with E-state index in [9.17, 15) is 13.2 Å². The van der Waals surface area contributed by atoms with E-state index in [0.29, 0.717) is 35.8 Å². The van der Waals surface area contributed by atoms with Crippen molar-refractivity contribution < 1.29 is 22.7 Å². The molecule has 0 aliphatic heterocycles. The van der Waals surface area contributed by atoms with E-state index in [1.165, 1.54) is 14.2 Å². The van der Waals surface area contributed by atoms with Crippen LogP contribution in [0.15, 0.2) is 42.5 Å². The lowest BCUT2D eigenvalue weighted by atomic mass is 10.1. The normalized spacial score (nSPS) is 11.1. The van der Waals surface area contributed by atoms with Gasteiger partial charge in [0.25, 0.3) is 5.91 Å². The summed E-state index contributed by atoms with van der Waals surface area (Å²) in [5.41, 5.74) is 2.01. The van der Waals surface area contributed by atoms with E-state index in [-0.39, 0.29) is 11.7 Å². The molecule has 0 aliphatic carbocycles. The maximum absolute atomic E-state index is 12.4. The molecule has 7 nitrogen and oxygen atoms in total. The predicted octanol–water partition coefficient (Wildman–Crippen LogP) is 2.07. The van der Waals surface area contributed by atoms with Gasteiger partial charge in [-0.3, -0.25) is 4.79 Å². The van der Waals surface area contributed by atoms with E-state index in [1.807, 2.05) is 6.92 Å². The SMILES string of the molecule is CCOc1ccc(C(=O)NCc2ccc(CS(=O)(=O)NC)cc2)cc1OC. The average Bonchev–Trinajstić information content (AvgIpc) is 2.67. The molecular weight excluding hydrogens is 368 g/mol. The van der Waals surface area contributed by atoms with Crippen molar-refractivity contribution in [3.63, 3.8) is 0 Å². The van der Waals surface area contributed by atoms with Crippen LogP contribution in [0.3, 0.4) is 0 Å². The van der Waals surface area contributed by atoms with E-state index < -0.39 is 10.0 Å². The Kier molecular flexibility index (Phi) is 7.20. The maximum atomic E-state index is 12.4. The third-order valence-electron chi connectivity index (χ3n) is 3.87. The van der Waals surface area contributed by atoms with Gasteiger partial charge in [0, 0.05) is 12.1 Å². The topological polar surface area (TPSA) is 93.7 Å². The quantitative estimate of drug-likeness (QED) is 0.681. The number of hydrogen-bond acceptors (Lipinski definition) is 5. The molecule has 1 amide bonds. The molecule has 2 rings (SSSR count). The first-order valence-electron chi connectivity index (χ1n) is 8.46. The van der Waals surface area contributed by atoms with Gasteiger partial charge < -0.3 is 14.8 Å². The first-order chi connectivity index (χ1) is 12.9. The highest BCUT2D eigenvalue weighted by atomic mass is 32.2. The molecule has 0 fully saturated rings. The summed E-state index contributed by atoms with van der Waals surface area (Å²) in [5, 5.41) is 2.83. The van der Waals surface area contributed by atoms with Crippen LogP contribution in [0, 0.1) is 0 Å². The number of rotatable bonds is 9. The molecule has 0 atom stereocenters. The first kappa shape index (κ1) is 20.7. The summed E-state index contributed by atoms with van der Waals surface area (Å²) in [6.45, 7) is 2.71. The van der Waals surface area contributed by atoms with Gasteiger partial charge in [-0.15, -0.1) is 0 Å². The van der Waals surface area contributed by atoms with Gasteiger partial charge in [0.1, 0.15) is 0 Å². The monoisotopic (exact) mass is 392 g/mol. The van der Waals surface area contributed by atoms with Crippen molar-refractivity contribution in [1.82, 2.24) is 10.0 Å². The smallest absolute Gasteiger partial charge is 0.251 e. The zero-order chi connectivity index (χ0) is 19.9. The number of nitrogens with one attached hydrogen (secondary N) is 2. The summed E-state index contributed by atoms with van der Waals surface area (Å²) < 4.78 is 36.1. The molecule has 0 spiro atoms. The summed E-state index contributed by atoms with van der Waals surface area (Å²) in [6.07, 6.45) is 0. The molecule has 0 radical (unpaired) electrons. The summed E-state index contributed by atoms with van der Waals surface area (Å²) in [6, 6.07) is 12.1. The molecule has 0 saturated heterocycles. The van der Waals surface area contributed by atoms with Crippen LogP contribution in [0.1, 0.15) is 28.4 Å². The Morgan fingerprint density at radius 3 is 2.30 bits per heavy atom. The number of ether oxygens (including phenoxy) is 2. The van der Waals surface area contributed by atoms with Crippen molar-refractivity contribution in [3.8, 4) is 11.5 Å². The lowest BCUT2D eigenvalue weighted by Gasteiger charge is -2.11. The Balaban J connectivity index is 1.99. The van der Waals surface area contributed by atoms with Crippen LogP contribution in [0.5, 0.6) is 11.5 Å². The van der Waals surface area contributed by atoms with Crippen molar-refractivity contribution in [3.05, 3.63) is 59.2 Å². The Morgan fingerprint density at radius 1 is 1.04 bits per heavy atom.